The third-order valence-corrected chi connectivity index (χ3v) is 6.23. The molecule has 2 fully saturated rings. The summed E-state index contributed by atoms with van der Waals surface area (Å²) in [6.45, 7) is 8.93. The van der Waals surface area contributed by atoms with Gasteiger partial charge in [0.2, 0.25) is 0 Å². The summed E-state index contributed by atoms with van der Waals surface area (Å²) in [5.74, 6) is 0.437. The highest BCUT2D eigenvalue weighted by molar-refractivity contribution is 5.69. The van der Waals surface area contributed by atoms with E-state index in [4.69, 9.17) is 4.74 Å². The fourth-order valence-corrected chi connectivity index (χ4v) is 4.66. The second kappa shape index (κ2) is 9.54. The second-order valence-corrected chi connectivity index (χ2v) is 9.80. The number of aromatic nitrogens is 4. The number of hydrogen-bond acceptors (Lipinski definition) is 7. The number of amides is 1. The first kappa shape index (κ1) is 22.7. The Morgan fingerprint density at radius 1 is 1.16 bits per heavy atom. The lowest BCUT2D eigenvalue weighted by Gasteiger charge is -2.33. The van der Waals surface area contributed by atoms with Crippen LogP contribution >= 0.6 is 0 Å². The molecular formula is C23H34N6O3. The van der Waals surface area contributed by atoms with E-state index in [1.54, 1.807) is 9.58 Å². The number of rotatable bonds is 5. The Labute approximate surface area is 189 Å². The number of aliphatic hydroxyl groups is 1. The molecule has 1 unspecified atom stereocenters. The van der Waals surface area contributed by atoms with Crippen molar-refractivity contribution >= 4 is 6.09 Å². The predicted molar refractivity (Wildman–Crippen MR) is 119 cm³/mol. The van der Waals surface area contributed by atoms with Crippen LogP contribution < -0.4 is 0 Å². The second-order valence-electron chi connectivity index (χ2n) is 9.80. The van der Waals surface area contributed by atoms with Crippen molar-refractivity contribution in [2.24, 2.45) is 0 Å². The van der Waals surface area contributed by atoms with E-state index < -0.39 is 17.8 Å². The molecule has 2 aliphatic heterocycles. The van der Waals surface area contributed by atoms with Crippen LogP contribution in [0.2, 0.25) is 0 Å². The van der Waals surface area contributed by atoms with E-state index in [1.165, 1.54) is 5.56 Å². The van der Waals surface area contributed by atoms with Crippen LogP contribution in [0.1, 0.15) is 70.0 Å². The van der Waals surface area contributed by atoms with Crippen molar-refractivity contribution in [3.05, 3.63) is 41.7 Å². The topological polar surface area (TPSA) is 96.6 Å². The molecule has 3 heterocycles. The van der Waals surface area contributed by atoms with E-state index in [-0.39, 0.29) is 12.1 Å². The molecule has 1 aromatic carbocycles. The standard InChI is InChI=1S/C23H34N6O3/c1-23(2,3)32-22(31)28-13-7-10-19(28)20(30)21-24-25-26-29(21)18-11-14-27(15-12-18)16-17-8-5-4-6-9-17/h4-6,8-9,18-20,30H,7,10-16H2,1-3H3/t19-,20?/m1/s1. The van der Waals surface area contributed by atoms with Crippen LogP contribution in [-0.4, -0.2) is 72.5 Å². The van der Waals surface area contributed by atoms with Crippen LogP contribution in [0.5, 0.6) is 0 Å². The van der Waals surface area contributed by atoms with E-state index >= 15 is 0 Å². The Kier molecular flexibility index (Phi) is 6.76. The molecule has 1 N–H and O–H groups in total. The van der Waals surface area contributed by atoms with Crippen LogP contribution in [-0.2, 0) is 11.3 Å². The van der Waals surface area contributed by atoms with Crippen LogP contribution in [0, 0.1) is 0 Å². The van der Waals surface area contributed by atoms with E-state index in [0.717, 1.165) is 38.9 Å². The molecule has 9 heteroatoms. The summed E-state index contributed by atoms with van der Waals surface area (Å²) in [4.78, 5) is 16.7. The number of likely N-dealkylation sites (tertiary alicyclic amines) is 2. The van der Waals surface area contributed by atoms with Crippen LogP contribution in [0.15, 0.2) is 30.3 Å². The number of carbonyl (C=O) groups excluding carboxylic acids is 1. The first-order valence-corrected chi connectivity index (χ1v) is 11.5. The maximum absolute atomic E-state index is 12.6. The molecule has 0 radical (unpaired) electrons. The highest BCUT2D eigenvalue weighted by atomic mass is 16.6. The van der Waals surface area contributed by atoms with Gasteiger partial charge in [0.25, 0.3) is 0 Å². The van der Waals surface area contributed by atoms with Gasteiger partial charge in [0.1, 0.15) is 11.7 Å². The number of hydrogen-bond donors (Lipinski definition) is 1. The summed E-state index contributed by atoms with van der Waals surface area (Å²) >= 11 is 0. The Hall–Kier alpha value is -2.52. The SMILES string of the molecule is CC(C)(C)OC(=O)N1CCC[C@@H]1C(O)c1nnnn1C1CCN(Cc2ccccc2)CC1. The number of aliphatic hydroxyl groups excluding tert-OH is 1. The molecule has 2 atom stereocenters. The lowest BCUT2D eigenvalue weighted by Crippen LogP contribution is -2.43. The zero-order chi connectivity index (χ0) is 22.7. The Morgan fingerprint density at radius 3 is 2.56 bits per heavy atom. The van der Waals surface area contributed by atoms with Crippen molar-refractivity contribution < 1.29 is 14.6 Å². The molecule has 174 valence electrons. The van der Waals surface area contributed by atoms with Gasteiger partial charge in [-0.25, -0.2) is 9.48 Å². The van der Waals surface area contributed by atoms with Crippen molar-refractivity contribution in [1.29, 1.82) is 0 Å². The Morgan fingerprint density at radius 2 is 1.88 bits per heavy atom. The highest BCUT2D eigenvalue weighted by Crippen LogP contribution is 2.32. The number of benzene rings is 1. The van der Waals surface area contributed by atoms with Crippen molar-refractivity contribution in [3.63, 3.8) is 0 Å². The summed E-state index contributed by atoms with van der Waals surface area (Å²) in [7, 11) is 0. The van der Waals surface area contributed by atoms with E-state index in [0.29, 0.717) is 18.8 Å². The minimum atomic E-state index is -0.942. The summed E-state index contributed by atoms with van der Waals surface area (Å²) in [6, 6.07) is 10.2. The van der Waals surface area contributed by atoms with Crippen molar-refractivity contribution in [3.8, 4) is 0 Å². The Balaban J connectivity index is 1.39. The number of ether oxygens (including phenoxy) is 1. The quantitative estimate of drug-likeness (QED) is 0.760. The highest BCUT2D eigenvalue weighted by Gasteiger charge is 2.40. The molecule has 2 saturated heterocycles. The van der Waals surface area contributed by atoms with Gasteiger partial charge in [0.05, 0.1) is 12.1 Å². The largest absolute Gasteiger partial charge is 0.444 e. The molecule has 0 saturated carbocycles. The minimum Gasteiger partial charge on any atom is -0.444 e. The van der Waals surface area contributed by atoms with Gasteiger partial charge in [-0.1, -0.05) is 30.3 Å². The summed E-state index contributed by atoms with van der Waals surface area (Å²) in [6.07, 6.45) is 2.01. The molecular weight excluding hydrogens is 408 g/mol. The molecule has 0 aliphatic carbocycles. The van der Waals surface area contributed by atoms with Gasteiger partial charge >= 0.3 is 6.09 Å². The smallest absolute Gasteiger partial charge is 0.410 e. The molecule has 1 amide bonds. The van der Waals surface area contributed by atoms with Gasteiger partial charge in [-0.3, -0.25) is 4.90 Å². The van der Waals surface area contributed by atoms with Crippen LogP contribution in [0.3, 0.4) is 0 Å². The molecule has 4 rings (SSSR count). The summed E-state index contributed by atoms with van der Waals surface area (Å²) < 4.78 is 7.31. The maximum Gasteiger partial charge on any atom is 0.410 e. The summed E-state index contributed by atoms with van der Waals surface area (Å²) in [5.41, 5.74) is 0.734. The van der Waals surface area contributed by atoms with E-state index in [2.05, 4.69) is 44.7 Å². The average molecular weight is 443 g/mol. The zero-order valence-electron chi connectivity index (χ0n) is 19.2. The zero-order valence-corrected chi connectivity index (χ0v) is 19.2. The average Bonchev–Trinajstić information content (AvgIpc) is 3.43. The normalized spacial score (nSPS) is 21.6. The summed E-state index contributed by atoms with van der Waals surface area (Å²) in [5, 5.41) is 23.4. The van der Waals surface area contributed by atoms with Gasteiger partial charge in [-0.2, -0.15) is 0 Å². The predicted octanol–water partition coefficient (Wildman–Crippen LogP) is 2.94. The molecule has 0 spiro atoms. The van der Waals surface area contributed by atoms with E-state index in [9.17, 15) is 9.90 Å². The van der Waals surface area contributed by atoms with Gasteiger partial charge in [0.15, 0.2) is 5.82 Å². The first-order chi connectivity index (χ1) is 15.3. The van der Waals surface area contributed by atoms with Gasteiger partial charge < -0.3 is 14.7 Å². The van der Waals surface area contributed by atoms with Crippen LogP contribution in [0.4, 0.5) is 4.79 Å². The Bertz CT molecular complexity index is 889. The third kappa shape index (κ3) is 5.27. The van der Waals surface area contributed by atoms with Gasteiger partial charge in [-0.05, 0) is 62.4 Å². The molecule has 32 heavy (non-hydrogen) atoms. The monoisotopic (exact) mass is 442 g/mol. The van der Waals surface area contributed by atoms with Gasteiger partial charge in [0, 0.05) is 26.2 Å². The number of piperidine rings is 1. The molecule has 2 aromatic rings. The number of tetrazole rings is 1. The lowest BCUT2D eigenvalue weighted by molar-refractivity contribution is 0.00205. The number of carbonyl (C=O) groups is 1. The molecule has 1 aromatic heterocycles. The third-order valence-electron chi connectivity index (χ3n) is 6.23. The minimum absolute atomic E-state index is 0.137. The fraction of sp³-hybridized carbons (Fsp3) is 0.652. The maximum atomic E-state index is 12.6. The van der Waals surface area contributed by atoms with Gasteiger partial charge in [-0.15, -0.1) is 5.10 Å². The van der Waals surface area contributed by atoms with Crippen molar-refractivity contribution in [2.45, 2.75) is 76.8 Å². The lowest BCUT2D eigenvalue weighted by atomic mass is 10.0. The molecule has 0 bridgehead atoms. The van der Waals surface area contributed by atoms with Crippen LogP contribution in [0.25, 0.3) is 0 Å². The van der Waals surface area contributed by atoms with Crippen molar-refractivity contribution in [1.82, 2.24) is 30.0 Å². The molecule has 2 aliphatic rings. The van der Waals surface area contributed by atoms with E-state index in [1.807, 2.05) is 26.8 Å². The number of nitrogens with zero attached hydrogens (tertiary/aromatic N) is 6. The van der Waals surface area contributed by atoms with Crippen molar-refractivity contribution in [2.75, 3.05) is 19.6 Å². The molecule has 9 nitrogen and oxygen atoms in total. The fourth-order valence-electron chi connectivity index (χ4n) is 4.66. The first-order valence-electron chi connectivity index (χ1n) is 11.5.